The van der Waals surface area contributed by atoms with Crippen molar-refractivity contribution >= 4 is 167 Å². The number of phenolic OH excluding ortho intramolecular Hbond substituents is 1. The van der Waals surface area contributed by atoms with E-state index in [1.54, 1.807) is 102 Å². The molecule has 14 N–H and O–H groups in total. The molecular weight excluding hydrogens is 1560 g/mol. The van der Waals surface area contributed by atoms with Crippen LogP contribution in [0.15, 0.2) is 135 Å². The van der Waals surface area contributed by atoms with Gasteiger partial charge in [0.05, 0.1) is 34.1 Å². The maximum atomic E-state index is 14.1. The molecule has 3 aromatic carbocycles. The highest BCUT2D eigenvalue weighted by atomic mass is 35.5. The highest BCUT2D eigenvalue weighted by molar-refractivity contribution is 6.20. The Labute approximate surface area is 681 Å². The number of nitrogens with zero attached hydrogens (tertiary/aromatic N) is 12. The molecule has 0 bridgehead atoms. The van der Waals surface area contributed by atoms with Crippen LogP contribution in [0, 0.1) is 0 Å². The number of aromatic amines is 1. The fourth-order valence-corrected chi connectivity index (χ4v) is 14.0. The highest BCUT2D eigenvalue weighted by Crippen LogP contribution is 2.46. The van der Waals surface area contributed by atoms with Gasteiger partial charge in [-0.25, -0.2) is 15.0 Å². The van der Waals surface area contributed by atoms with Crippen molar-refractivity contribution in [3.8, 4) is 5.75 Å². The smallest absolute Gasteiger partial charge is 0.291 e. The van der Waals surface area contributed by atoms with Crippen molar-refractivity contribution in [1.82, 2.24) is 72.4 Å². The van der Waals surface area contributed by atoms with Gasteiger partial charge in [-0.1, -0.05) is 30.3 Å². The van der Waals surface area contributed by atoms with E-state index in [0.29, 0.717) is 51.6 Å². The minimum Gasteiger partial charge on any atom is -0.507 e. The van der Waals surface area contributed by atoms with E-state index in [9.17, 15) is 67.4 Å². The third kappa shape index (κ3) is 18.4. The van der Waals surface area contributed by atoms with Crippen LogP contribution in [0.3, 0.4) is 0 Å². The molecule has 0 saturated carbocycles. The summed E-state index contributed by atoms with van der Waals surface area (Å²) in [5, 5.41) is 45.5. The van der Waals surface area contributed by atoms with E-state index in [1.807, 2.05) is 24.3 Å². The lowest BCUT2D eigenvalue weighted by Crippen LogP contribution is -2.30. The number of aromatic hydroxyl groups is 1. The van der Waals surface area contributed by atoms with Gasteiger partial charge in [0, 0.05) is 198 Å². The fourth-order valence-electron chi connectivity index (χ4n) is 13.8. The summed E-state index contributed by atoms with van der Waals surface area (Å²) in [6.07, 6.45) is 11.9. The molecule has 9 aromatic heterocycles. The summed E-state index contributed by atoms with van der Waals surface area (Å²) >= 11 is 6.42. The Morgan fingerprint density at radius 1 is 0.420 bits per heavy atom. The lowest BCUT2D eigenvalue weighted by atomic mass is 9.95. The normalized spacial score (nSPS) is 12.2. The number of amides is 13. The monoisotopic (exact) mass is 1640 g/mol. The van der Waals surface area contributed by atoms with Gasteiger partial charge in [-0.05, 0) is 65.9 Å². The Hall–Kier alpha value is -15.3. The molecule has 13 rings (SSSR count). The number of hydrogen-bond donors (Lipinski definition) is 14. The molecule has 1 atom stereocenters. The van der Waals surface area contributed by atoms with Crippen molar-refractivity contribution in [3.05, 3.63) is 192 Å². The lowest BCUT2D eigenvalue weighted by Gasteiger charge is -2.17. The molecule has 0 spiro atoms. The zero-order valence-electron chi connectivity index (χ0n) is 65.6. The van der Waals surface area contributed by atoms with Gasteiger partial charge in [-0.15, -0.1) is 11.6 Å². The number of imidazole rings is 3. The third-order valence-corrected chi connectivity index (χ3v) is 19.8. The summed E-state index contributed by atoms with van der Waals surface area (Å²) in [7, 11) is 12.7. The Morgan fingerprint density at radius 3 is 1.34 bits per heavy atom. The van der Waals surface area contributed by atoms with Crippen molar-refractivity contribution in [2.75, 3.05) is 84.8 Å². The lowest BCUT2D eigenvalue weighted by molar-refractivity contribution is -0.117. The standard InChI is InChI=1S/C79H82ClN25O14/c1-41(106)84-61-38-103(8)69(93-61)77(117)90-49-29-58(101(6)37-49)74(114)88-47-27-56(97(2)35-47)72(112)82-21-19-66(110)92-62-39-104(9)70(94-62)78(118)89-48-28-55(98(3)36-48)71(111)81-20-12-15-64(108)85-45-26-59(100(5)33-45)75(115)96-63-40-102(7)68(95-63)76(116)83-22-18-65(109)86-46-25-57(99(4)34-46)73(113)87-44-17-16-42-23-53(91-52(42)24-44)79(119)105-32-43(31-80)67-51-14-11-10-13-50(51)60(107)30-54(67)105/h10-11,13-14,16-17,23-30,33-40,43,91,107H,12,15,18-22,31-32H2,1-9H3,(H,81,111)(H,82,112)(H,83,116)(H,84,106)(H,85,108)(H,86,109)(H,87,113)(H,88,114)(H,89,118)(H,90,117)(H,92,110)(H,96,115). The van der Waals surface area contributed by atoms with E-state index in [4.69, 9.17) is 11.6 Å². The molecule has 1 aliphatic heterocycles. The van der Waals surface area contributed by atoms with E-state index in [2.05, 4.69) is 83.7 Å². The number of benzene rings is 3. The number of rotatable bonds is 29. The van der Waals surface area contributed by atoms with Gasteiger partial charge in [0.1, 0.15) is 39.9 Å². The molecule has 614 valence electrons. The first-order valence-corrected chi connectivity index (χ1v) is 37.6. The Morgan fingerprint density at radius 2 is 0.832 bits per heavy atom. The van der Waals surface area contributed by atoms with Gasteiger partial charge in [0.15, 0.2) is 17.5 Å². The Bertz CT molecular complexity index is 6130. The van der Waals surface area contributed by atoms with E-state index in [0.717, 1.165) is 16.3 Å². The predicted molar refractivity (Wildman–Crippen MR) is 441 cm³/mol. The molecule has 0 saturated heterocycles. The molecule has 10 heterocycles. The van der Waals surface area contributed by atoms with Crippen LogP contribution >= 0.6 is 11.6 Å². The molecule has 0 fully saturated rings. The molecule has 1 aliphatic rings. The van der Waals surface area contributed by atoms with Crippen LogP contribution in [0.4, 0.5) is 57.3 Å². The van der Waals surface area contributed by atoms with E-state index in [1.165, 1.54) is 113 Å². The first kappa shape index (κ1) is 81.7. The zero-order chi connectivity index (χ0) is 84.9. The molecule has 1 unspecified atom stereocenters. The minimum atomic E-state index is -0.659. The maximum Gasteiger partial charge on any atom is 0.291 e. The Balaban J connectivity index is 0.497. The first-order chi connectivity index (χ1) is 56.8. The van der Waals surface area contributed by atoms with Gasteiger partial charge in [-0.2, -0.15) is 0 Å². The molecule has 13 amide bonds. The number of halogens is 1. The zero-order valence-corrected chi connectivity index (χ0v) is 66.4. The number of carbonyl (C=O) groups is 13. The first-order valence-electron chi connectivity index (χ1n) is 37.1. The van der Waals surface area contributed by atoms with Crippen LogP contribution in [0.5, 0.6) is 5.75 Å². The molecule has 40 heteroatoms. The van der Waals surface area contributed by atoms with Crippen LogP contribution in [0.2, 0.25) is 0 Å². The average Bonchev–Trinajstić information content (AvgIpc) is 1.61. The van der Waals surface area contributed by atoms with Gasteiger partial charge in [0.2, 0.25) is 41.1 Å². The number of aryl methyl sites for hydroxylation is 8. The van der Waals surface area contributed by atoms with Crippen LogP contribution < -0.4 is 68.7 Å². The minimum absolute atomic E-state index is 0.0121. The summed E-state index contributed by atoms with van der Waals surface area (Å²) in [5.41, 5.74) is 5.20. The van der Waals surface area contributed by atoms with Crippen LogP contribution in [0.25, 0.3) is 21.7 Å². The predicted octanol–water partition coefficient (Wildman–Crippen LogP) is 6.79. The molecular formula is C79H82ClN25O14. The average molecular weight is 1640 g/mol. The van der Waals surface area contributed by atoms with Crippen molar-refractivity contribution in [2.45, 2.75) is 38.5 Å². The number of nitrogens with one attached hydrogen (secondary N) is 13. The molecule has 39 nitrogen and oxygen atoms in total. The van der Waals surface area contributed by atoms with Gasteiger partial charge in [-0.3, -0.25) is 62.3 Å². The second-order valence-electron chi connectivity index (χ2n) is 28.4. The van der Waals surface area contributed by atoms with E-state index >= 15 is 0 Å². The number of alkyl halides is 1. The van der Waals surface area contributed by atoms with Crippen LogP contribution in [0.1, 0.15) is 139 Å². The quantitative estimate of drug-likeness (QED) is 0.0169. The maximum absolute atomic E-state index is 14.1. The Kier molecular flexibility index (Phi) is 23.6. The summed E-state index contributed by atoms with van der Waals surface area (Å²) in [4.78, 5) is 189. The second kappa shape index (κ2) is 34.4. The number of hydrogen-bond acceptors (Lipinski definition) is 17. The summed E-state index contributed by atoms with van der Waals surface area (Å²) < 4.78 is 11.7. The summed E-state index contributed by atoms with van der Waals surface area (Å²) in [6, 6.07) is 23.3. The number of phenols is 1. The van der Waals surface area contributed by atoms with Gasteiger partial charge >= 0.3 is 0 Å². The number of fused-ring (bicyclic) bond motifs is 4. The topological polar surface area (TPSA) is 484 Å². The SMILES string of the molecule is CC(=O)Nc1cn(C)c(C(=O)Nc2cc(C(=O)Nc3cc(C(=O)NCCC(=O)Nc4cn(C)c(C(=O)Nc5cc(C(=O)NCCCC(=O)Nc6cc(C(=O)Nc7cn(C)c(C(=O)NCCC(=O)Nc8cc(C(=O)Nc9ccc%10cc(C(=O)N%11CC(CCl)c%12c%11cc(O)c%11ccccc%12%11)[nH]c%10c9)n(C)c8)n7)n(C)c6)n(C)c5)n4)n(C)c3)n(C)c2)n1. The second-order valence-corrected chi connectivity index (χ2v) is 28.7. The molecule has 0 radical (unpaired) electrons. The van der Waals surface area contributed by atoms with Gasteiger partial charge < -0.3 is 115 Å². The van der Waals surface area contributed by atoms with Gasteiger partial charge in [0.25, 0.3) is 53.2 Å². The highest BCUT2D eigenvalue weighted by Gasteiger charge is 2.36. The number of anilines is 10. The summed E-state index contributed by atoms with van der Waals surface area (Å²) in [6.45, 7) is 1.55. The third-order valence-electron chi connectivity index (χ3n) is 19.4. The van der Waals surface area contributed by atoms with Crippen molar-refractivity contribution < 1.29 is 67.4 Å². The largest absolute Gasteiger partial charge is 0.507 e. The fraction of sp³-hybridized carbons (Fsp3) is 0.241. The molecule has 12 aromatic rings. The van der Waals surface area contributed by atoms with Crippen LogP contribution in [-0.2, 0) is 75.6 Å². The number of carbonyl (C=O) groups excluding carboxylic acids is 13. The van der Waals surface area contributed by atoms with Crippen molar-refractivity contribution in [3.63, 3.8) is 0 Å². The summed E-state index contributed by atoms with van der Waals surface area (Å²) in [5.74, 6) is -6.24. The molecule has 119 heavy (non-hydrogen) atoms. The van der Waals surface area contributed by atoms with Crippen LogP contribution in [-0.4, -0.2) is 170 Å². The number of H-pyrrole nitrogens is 1. The molecule has 0 aliphatic carbocycles. The van der Waals surface area contributed by atoms with Crippen molar-refractivity contribution in [2.24, 2.45) is 56.4 Å². The van der Waals surface area contributed by atoms with E-state index < -0.39 is 65.0 Å². The number of aromatic nitrogens is 12. The van der Waals surface area contributed by atoms with Crippen molar-refractivity contribution in [1.29, 1.82) is 0 Å². The van der Waals surface area contributed by atoms with E-state index in [-0.39, 0.29) is 149 Å².